The molecule has 122 valence electrons. The van der Waals surface area contributed by atoms with E-state index < -0.39 is 4.92 Å². The van der Waals surface area contributed by atoms with E-state index in [1.54, 1.807) is 24.1 Å². The SMILES string of the molecule is CN(Cc1cccc([N+](=O)[O-])c1)C(=O)Cc1c[nH]c2ccccc12. The number of benzene rings is 2. The number of para-hydroxylation sites is 1. The predicted octanol–water partition coefficient (Wildman–Crippen LogP) is 3.28. The number of aromatic amines is 1. The molecule has 24 heavy (non-hydrogen) atoms. The lowest BCUT2D eigenvalue weighted by atomic mass is 10.1. The van der Waals surface area contributed by atoms with Gasteiger partial charge in [0, 0.05) is 42.8 Å². The van der Waals surface area contributed by atoms with Gasteiger partial charge in [-0.15, -0.1) is 0 Å². The van der Waals surface area contributed by atoms with Crippen LogP contribution in [0.1, 0.15) is 11.1 Å². The van der Waals surface area contributed by atoms with Gasteiger partial charge in [-0.25, -0.2) is 0 Å². The monoisotopic (exact) mass is 323 g/mol. The van der Waals surface area contributed by atoms with Crippen LogP contribution in [0.2, 0.25) is 0 Å². The molecule has 0 bridgehead atoms. The van der Waals surface area contributed by atoms with Crippen LogP contribution in [0.15, 0.2) is 54.7 Å². The molecule has 2 aromatic carbocycles. The minimum absolute atomic E-state index is 0.0324. The molecule has 0 aliphatic rings. The van der Waals surface area contributed by atoms with Crippen LogP contribution in [0.4, 0.5) is 5.69 Å². The second kappa shape index (κ2) is 6.54. The number of nitrogens with one attached hydrogen (secondary N) is 1. The molecule has 0 saturated heterocycles. The summed E-state index contributed by atoms with van der Waals surface area (Å²) < 4.78 is 0. The Labute approximate surface area is 138 Å². The zero-order chi connectivity index (χ0) is 17.1. The van der Waals surface area contributed by atoms with Gasteiger partial charge in [-0.05, 0) is 17.2 Å². The quantitative estimate of drug-likeness (QED) is 0.578. The van der Waals surface area contributed by atoms with Gasteiger partial charge in [0.2, 0.25) is 5.91 Å². The summed E-state index contributed by atoms with van der Waals surface area (Å²) in [5, 5.41) is 11.9. The third-order valence-corrected chi connectivity index (χ3v) is 3.98. The molecule has 3 rings (SSSR count). The number of nitrogens with zero attached hydrogens (tertiary/aromatic N) is 2. The van der Waals surface area contributed by atoms with Gasteiger partial charge >= 0.3 is 0 Å². The third kappa shape index (κ3) is 3.27. The summed E-state index contributed by atoms with van der Waals surface area (Å²) in [5.41, 5.74) is 2.71. The van der Waals surface area contributed by atoms with Crippen LogP contribution >= 0.6 is 0 Å². The van der Waals surface area contributed by atoms with Gasteiger partial charge in [0.1, 0.15) is 0 Å². The number of nitro groups is 1. The number of hydrogen-bond acceptors (Lipinski definition) is 3. The largest absolute Gasteiger partial charge is 0.361 e. The number of fused-ring (bicyclic) bond motifs is 1. The van der Waals surface area contributed by atoms with Gasteiger partial charge in [-0.2, -0.15) is 0 Å². The standard InChI is InChI=1S/C18H17N3O3/c1-20(12-13-5-4-6-15(9-13)21(23)24)18(22)10-14-11-19-17-8-3-2-7-16(14)17/h2-9,11,19H,10,12H2,1H3. The number of amides is 1. The molecule has 0 aliphatic carbocycles. The van der Waals surface area contributed by atoms with Gasteiger partial charge in [0.05, 0.1) is 11.3 Å². The van der Waals surface area contributed by atoms with Crippen molar-refractivity contribution in [1.29, 1.82) is 0 Å². The first-order valence-electron chi connectivity index (χ1n) is 7.57. The van der Waals surface area contributed by atoms with Crippen molar-refractivity contribution in [3.05, 3.63) is 76.0 Å². The second-order valence-electron chi connectivity index (χ2n) is 5.71. The van der Waals surface area contributed by atoms with Crippen molar-refractivity contribution >= 4 is 22.5 Å². The maximum atomic E-state index is 12.5. The number of hydrogen-bond donors (Lipinski definition) is 1. The van der Waals surface area contributed by atoms with Crippen LogP contribution in [-0.2, 0) is 17.8 Å². The summed E-state index contributed by atoms with van der Waals surface area (Å²) in [6.45, 7) is 0.336. The second-order valence-corrected chi connectivity index (χ2v) is 5.71. The summed E-state index contributed by atoms with van der Waals surface area (Å²) in [5.74, 6) is -0.0359. The number of aromatic nitrogens is 1. The zero-order valence-electron chi connectivity index (χ0n) is 13.2. The van der Waals surface area contributed by atoms with E-state index >= 15 is 0 Å². The lowest BCUT2D eigenvalue weighted by Crippen LogP contribution is -2.27. The molecule has 0 unspecified atom stereocenters. The van der Waals surface area contributed by atoms with Crippen molar-refractivity contribution in [3.8, 4) is 0 Å². The number of likely N-dealkylation sites (N-methyl/N-ethyl adjacent to an activating group) is 1. The average Bonchev–Trinajstić information content (AvgIpc) is 2.98. The Morgan fingerprint density at radius 2 is 2.00 bits per heavy atom. The molecule has 1 N–H and O–H groups in total. The highest BCUT2D eigenvalue weighted by Crippen LogP contribution is 2.19. The van der Waals surface area contributed by atoms with Crippen LogP contribution in [-0.4, -0.2) is 27.8 Å². The van der Waals surface area contributed by atoms with Crippen LogP contribution < -0.4 is 0 Å². The summed E-state index contributed by atoms with van der Waals surface area (Å²) in [7, 11) is 1.70. The fourth-order valence-electron chi connectivity index (χ4n) is 2.71. The first kappa shape index (κ1) is 15.7. The third-order valence-electron chi connectivity index (χ3n) is 3.98. The van der Waals surface area contributed by atoms with E-state index in [1.807, 2.05) is 30.5 Å². The van der Waals surface area contributed by atoms with Crippen molar-refractivity contribution in [2.45, 2.75) is 13.0 Å². The van der Waals surface area contributed by atoms with E-state index in [9.17, 15) is 14.9 Å². The van der Waals surface area contributed by atoms with Crippen LogP contribution in [0.25, 0.3) is 10.9 Å². The Bertz CT molecular complexity index is 901. The fraction of sp³-hybridized carbons (Fsp3) is 0.167. The summed E-state index contributed by atoms with van der Waals surface area (Å²) >= 11 is 0. The Hall–Kier alpha value is -3.15. The summed E-state index contributed by atoms with van der Waals surface area (Å²) in [6, 6.07) is 14.2. The van der Waals surface area contributed by atoms with Gasteiger partial charge in [0.25, 0.3) is 5.69 Å². The Morgan fingerprint density at radius 3 is 2.79 bits per heavy atom. The highest BCUT2D eigenvalue weighted by molar-refractivity contribution is 5.88. The van der Waals surface area contributed by atoms with E-state index in [1.165, 1.54) is 12.1 Å². The van der Waals surface area contributed by atoms with Crippen molar-refractivity contribution in [3.63, 3.8) is 0 Å². The zero-order valence-corrected chi connectivity index (χ0v) is 13.2. The van der Waals surface area contributed by atoms with Gasteiger partial charge in [-0.1, -0.05) is 30.3 Å². The van der Waals surface area contributed by atoms with Crippen LogP contribution in [0.5, 0.6) is 0 Å². The minimum Gasteiger partial charge on any atom is -0.361 e. The topological polar surface area (TPSA) is 79.2 Å². The molecule has 1 heterocycles. The van der Waals surface area contributed by atoms with Crippen LogP contribution in [0.3, 0.4) is 0 Å². The maximum Gasteiger partial charge on any atom is 0.269 e. The molecule has 6 heteroatoms. The smallest absolute Gasteiger partial charge is 0.269 e. The van der Waals surface area contributed by atoms with Gasteiger partial charge in [-0.3, -0.25) is 14.9 Å². The van der Waals surface area contributed by atoms with Crippen molar-refractivity contribution in [1.82, 2.24) is 9.88 Å². The Balaban J connectivity index is 1.71. The van der Waals surface area contributed by atoms with Crippen molar-refractivity contribution in [2.24, 2.45) is 0 Å². The fourth-order valence-corrected chi connectivity index (χ4v) is 2.71. The maximum absolute atomic E-state index is 12.5. The Kier molecular flexibility index (Phi) is 4.29. The Morgan fingerprint density at radius 1 is 1.21 bits per heavy atom. The molecule has 1 amide bonds. The van der Waals surface area contributed by atoms with Gasteiger partial charge < -0.3 is 9.88 Å². The predicted molar refractivity (Wildman–Crippen MR) is 91.6 cm³/mol. The first-order valence-corrected chi connectivity index (χ1v) is 7.57. The molecule has 6 nitrogen and oxygen atoms in total. The average molecular weight is 323 g/mol. The lowest BCUT2D eigenvalue weighted by Gasteiger charge is -2.17. The highest BCUT2D eigenvalue weighted by atomic mass is 16.6. The number of H-pyrrole nitrogens is 1. The van der Waals surface area contributed by atoms with Crippen molar-refractivity contribution < 1.29 is 9.72 Å². The van der Waals surface area contributed by atoms with E-state index in [0.29, 0.717) is 6.54 Å². The minimum atomic E-state index is -0.433. The number of nitro benzene ring substituents is 1. The number of rotatable bonds is 5. The number of carbonyl (C=O) groups excluding carboxylic acids is 1. The van der Waals surface area contributed by atoms with E-state index in [0.717, 1.165) is 22.0 Å². The molecule has 3 aromatic rings. The molecular formula is C18H17N3O3. The number of non-ortho nitro benzene ring substituents is 1. The molecule has 0 fully saturated rings. The van der Waals surface area contributed by atoms with E-state index in [2.05, 4.69) is 4.98 Å². The highest BCUT2D eigenvalue weighted by Gasteiger charge is 2.14. The molecule has 0 saturated carbocycles. The molecule has 0 radical (unpaired) electrons. The van der Waals surface area contributed by atoms with Crippen LogP contribution in [0, 0.1) is 10.1 Å². The molecule has 0 aliphatic heterocycles. The summed E-state index contributed by atoms with van der Waals surface area (Å²) in [4.78, 5) is 27.6. The normalized spacial score (nSPS) is 10.7. The van der Waals surface area contributed by atoms with Crippen molar-refractivity contribution in [2.75, 3.05) is 7.05 Å². The molecule has 0 atom stereocenters. The van der Waals surface area contributed by atoms with Gasteiger partial charge in [0.15, 0.2) is 0 Å². The van der Waals surface area contributed by atoms with E-state index in [-0.39, 0.29) is 18.0 Å². The molecule has 1 aromatic heterocycles. The van der Waals surface area contributed by atoms with E-state index in [4.69, 9.17) is 0 Å². The molecular weight excluding hydrogens is 306 g/mol. The lowest BCUT2D eigenvalue weighted by molar-refractivity contribution is -0.384. The first-order chi connectivity index (χ1) is 11.5. The molecule has 0 spiro atoms. The summed E-state index contributed by atoms with van der Waals surface area (Å²) in [6.07, 6.45) is 2.14. The number of carbonyl (C=O) groups is 1.